The number of nitrogens with two attached hydrogens (primary N) is 1. The van der Waals surface area contributed by atoms with Gasteiger partial charge in [-0.2, -0.15) is 0 Å². The molecule has 1 aromatic heterocycles. The first-order chi connectivity index (χ1) is 5.27. The lowest BCUT2D eigenvalue weighted by Gasteiger charge is -1.96. The van der Waals surface area contributed by atoms with Gasteiger partial charge in [0.15, 0.2) is 0 Å². The predicted molar refractivity (Wildman–Crippen MR) is 44.3 cm³/mol. The maximum absolute atomic E-state index is 5.70. The van der Waals surface area contributed by atoms with Gasteiger partial charge in [-0.05, 0) is 25.0 Å². The molecular weight excluding hydrogens is 136 g/mol. The van der Waals surface area contributed by atoms with Crippen molar-refractivity contribution in [2.24, 2.45) is 5.73 Å². The highest BCUT2D eigenvalue weighted by Crippen LogP contribution is 2.37. The fourth-order valence-corrected chi connectivity index (χ4v) is 1.25. The second kappa shape index (κ2) is 2.31. The standard InChI is InChI=1S/C9H12N2/c1-6-2-3-9(11-5-6)7-4-8(7)10/h2-3,5,7-8H,4,10H2,1H3. The number of hydrogen-bond acceptors (Lipinski definition) is 2. The van der Waals surface area contributed by atoms with Crippen molar-refractivity contribution in [3.05, 3.63) is 29.6 Å². The SMILES string of the molecule is Cc1ccc(C2CC2N)nc1. The molecule has 0 saturated heterocycles. The zero-order chi connectivity index (χ0) is 7.84. The Bertz CT molecular complexity index is 253. The van der Waals surface area contributed by atoms with Gasteiger partial charge < -0.3 is 5.73 Å². The zero-order valence-corrected chi connectivity index (χ0v) is 6.62. The van der Waals surface area contributed by atoms with Crippen LogP contribution in [0.1, 0.15) is 23.6 Å². The lowest BCUT2D eigenvalue weighted by Crippen LogP contribution is -2.01. The van der Waals surface area contributed by atoms with Crippen LogP contribution in [0.25, 0.3) is 0 Å². The molecule has 1 heterocycles. The van der Waals surface area contributed by atoms with Crippen LogP contribution in [0.3, 0.4) is 0 Å². The van der Waals surface area contributed by atoms with Crippen molar-refractivity contribution in [2.45, 2.75) is 25.3 Å². The third kappa shape index (κ3) is 1.26. The summed E-state index contributed by atoms with van der Waals surface area (Å²) in [5, 5.41) is 0. The Labute approximate surface area is 66.4 Å². The molecule has 11 heavy (non-hydrogen) atoms. The maximum atomic E-state index is 5.70. The van der Waals surface area contributed by atoms with Gasteiger partial charge in [0, 0.05) is 23.9 Å². The van der Waals surface area contributed by atoms with E-state index < -0.39 is 0 Å². The summed E-state index contributed by atoms with van der Waals surface area (Å²) in [6.07, 6.45) is 3.01. The Hall–Kier alpha value is -0.890. The molecule has 58 valence electrons. The van der Waals surface area contributed by atoms with Gasteiger partial charge in [0.25, 0.3) is 0 Å². The number of aryl methyl sites for hydroxylation is 1. The summed E-state index contributed by atoms with van der Waals surface area (Å²) in [5.74, 6) is 0.538. The van der Waals surface area contributed by atoms with Crippen molar-refractivity contribution in [3.8, 4) is 0 Å². The van der Waals surface area contributed by atoms with Gasteiger partial charge >= 0.3 is 0 Å². The molecule has 0 bridgehead atoms. The van der Waals surface area contributed by atoms with Crippen molar-refractivity contribution in [3.63, 3.8) is 0 Å². The van der Waals surface area contributed by atoms with Crippen LogP contribution in [0, 0.1) is 6.92 Å². The van der Waals surface area contributed by atoms with Gasteiger partial charge in [-0.3, -0.25) is 4.98 Å². The molecule has 1 fully saturated rings. The van der Waals surface area contributed by atoms with Gasteiger partial charge in [-0.1, -0.05) is 6.07 Å². The molecule has 0 radical (unpaired) electrons. The van der Waals surface area contributed by atoms with E-state index in [2.05, 4.69) is 17.1 Å². The summed E-state index contributed by atoms with van der Waals surface area (Å²) in [7, 11) is 0. The molecule has 2 atom stereocenters. The van der Waals surface area contributed by atoms with Crippen molar-refractivity contribution in [1.82, 2.24) is 4.98 Å². The van der Waals surface area contributed by atoms with Crippen LogP contribution in [-0.2, 0) is 0 Å². The summed E-state index contributed by atoms with van der Waals surface area (Å²) in [4.78, 5) is 4.31. The smallest absolute Gasteiger partial charge is 0.0450 e. The van der Waals surface area contributed by atoms with Crippen LogP contribution in [-0.4, -0.2) is 11.0 Å². The largest absolute Gasteiger partial charge is 0.327 e. The molecule has 2 N–H and O–H groups in total. The lowest BCUT2D eigenvalue weighted by molar-refractivity contribution is 0.942. The normalized spacial score (nSPS) is 28.5. The first-order valence-corrected chi connectivity index (χ1v) is 3.95. The highest BCUT2D eigenvalue weighted by molar-refractivity contribution is 5.22. The number of rotatable bonds is 1. The van der Waals surface area contributed by atoms with Crippen LogP contribution >= 0.6 is 0 Å². The van der Waals surface area contributed by atoms with Gasteiger partial charge in [0.2, 0.25) is 0 Å². The third-order valence-corrected chi connectivity index (χ3v) is 2.15. The van der Waals surface area contributed by atoms with Crippen LogP contribution in [0.2, 0.25) is 0 Å². The fourth-order valence-electron chi connectivity index (χ4n) is 1.25. The molecule has 2 rings (SSSR count). The van der Waals surface area contributed by atoms with Crippen LogP contribution < -0.4 is 5.73 Å². The van der Waals surface area contributed by atoms with E-state index in [4.69, 9.17) is 5.73 Å². The molecule has 0 aromatic carbocycles. The highest BCUT2D eigenvalue weighted by Gasteiger charge is 2.35. The van der Waals surface area contributed by atoms with E-state index in [0.717, 1.165) is 12.1 Å². The van der Waals surface area contributed by atoms with Crippen LogP contribution in [0.4, 0.5) is 0 Å². The topological polar surface area (TPSA) is 38.9 Å². The maximum Gasteiger partial charge on any atom is 0.0450 e. The summed E-state index contributed by atoms with van der Waals surface area (Å²) in [6, 6.07) is 4.53. The monoisotopic (exact) mass is 148 g/mol. The highest BCUT2D eigenvalue weighted by atomic mass is 14.8. The molecule has 0 amide bonds. The summed E-state index contributed by atoms with van der Waals surface area (Å²) >= 11 is 0. The van der Waals surface area contributed by atoms with Crippen LogP contribution in [0.5, 0.6) is 0 Å². The number of pyridine rings is 1. The van der Waals surface area contributed by atoms with Gasteiger partial charge in [0.1, 0.15) is 0 Å². The number of nitrogens with zero attached hydrogens (tertiary/aromatic N) is 1. The molecule has 2 unspecified atom stereocenters. The van der Waals surface area contributed by atoms with E-state index >= 15 is 0 Å². The summed E-state index contributed by atoms with van der Waals surface area (Å²) in [6.45, 7) is 2.05. The van der Waals surface area contributed by atoms with Crippen molar-refractivity contribution < 1.29 is 0 Å². The van der Waals surface area contributed by atoms with E-state index in [1.54, 1.807) is 0 Å². The van der Waals surface area contributed by atoms with E-state index in [1.807, 2.05) is 13.1 Å². The van der Waals surface area contributed by atoms with Gasteiger partial charge in [0.05, 0.1) is 0 Å². The fraction of sp³-hybridized carbons (Fsp3) is 0.444. The van der Waals surface area contributed by atoms with E-state index in [9.17, 15) is 0 Å². The van der Waals surface area contributed by atoms with Crippen molar-refractivity contribution in [1.29, 1.82) is 0 Å². The molecule has 1 aliphatic rings. The van der Waals surface area contributed by atoms with Gasteiger partial charge in [-0.15, -0.1) is 0 Å². The molecular formula is C9H12N2. The average Bonchev–Trinajstić information content (AvgIpc) is 2.69. The van der Waals surface area contributed by atoms with Gasteiger partial charge in [-0.25, -0.2) is 0 Å². The van der Waals surface area contributed by atoms with E-state index in [1.165, 1.54) is 5.56 Å². The summed E-state index contributed by atoms with van der Waals surface area (Å²) < 4.78 is 0. The molecule has 2 nitrogen and oxygen atoms in total. The Morgan fingerprint density at radius 3 is 2.73 bits per heavy atom. The first kappa shape index (κ1) is 6.80. The molecule has 2 heteroatoms. The van der Waals surface area contributed by atoms with Crippen molar-refractivity contribution >= 4 is 0 Å². The average molecular weight is 148 g/mol. The third-order valence-electron chi connectivity index (χ3n) is 2.15. The Morgan fingerprint density at radius 2 is 2.27 bits per heavy atom. The number of hydrogen-bond donors (Lipinski definition) is 1. The van der Waals surface area contributed by atoms with E-state index in [-0.39, 0.29) is 0 Å². The Balaban J connectivity index is 2.21. The van der Waals surface area contributed by atoms with Crippen molar-refractivity contribution in [2.75, 3.05) is 0 Å². The molecule has 0 spiro atoms. The first-order valence-electron chi connectivity index (χ1n) is 3.95. The predicted octanol–water partition coefficient (Wildman–Crippen LogP) is 1.20. The minimum absolute atomic E-state index is 0.366. The lowest BCUT2D eigenvalue weighted by atomic mass is 10.2. The number of aromatic nitrogens is 1. The zero-order valence-electron chi connectivity index (χ0n) is 6.62. The molecule has 1 aliphatic carbocycles. The summed E-state index contributed by atoms with van der Waals surface area (Å²) in [5.41, 5.74) is 8.06. The second-order valence-electron chi connectivity index (χ2n) is 3.27. The minimum atomic E-state index is 0.366. The van der Waals surface area contributed by atoms with Crippen LogP contribution in [0.15, 0.2) is 18.3 Å². The molecule has 1 aromatic rings. The quantitative estimate of drug-likeness (QED) is 0.650. The molecule has 1 saturated carbocycles. The minimum Gasteiger partial charge on any atom is -0.327 e. The Morgan fingerprint density at radius 1 is 1.55 bits per heavy atom. The van der Waals surface area contributed by atoms with E-state index in [0.29, 0.717) is 12.0 Å². The second-order valence-corrected chi connectivity index (χ2v) is 3.27. The molecule has 0 aliphatic heterocycles. The Kier molecular flexibility index (Phi) is 1.43.